The van der Waals surface area contributed by atoms with Crippen LogP contribution in [0.5, 0.6) is 0 Å². The van der Waals surface area contributed by atoms with Gasteiger partial charge in [-0.05, 0) is 18.4 Å². The summed E-state index contributed by atoms with van der Waals surface area (Å²) in [5.74, 6) is 1.23. The van der Waals surface area contributed by atoms with Gasteiger partial charge in [0.25, 0.3) is 0 Å². The molecule has 104 valence electrons. The van der Waals surface area contributed by atoms with E-state index in [-0.39, 0.29) is 17.9 Å². The molecule has 0 aliphatic heterocycles. The van der Waals surface area contributed by atoms with Crippen LogP contribution >= 0.6 is 0 Å². The van der Waals surface area contributed by atoms with E-state index in [1.54, 1.807) is 6.92 Å². The standard InChI is InChI=1S/C15H17N3O2/c1-10-17-18-15(20-10)13(16-14(19)12-7-8-12)9-11-5-3-2-4-6-11/h2-6,12-13H,7-9H2,1H3,(H,16,19). The maximum Gasteiger partial charge on any atom is 0.239 e. The van der Waals surface area contributed by atoms with Crippen molar-refractivity contribution in [3.63, 3.8) is 0 Å². The lowest BCUT2D eigenvalue weighted by molar-refractivity contribution is -0.123. The second kappa shape index (κ2) is 5.45. The minimum atomic E-state index is -0.258. The molecule has 1 aromatic heterocycles. The highest BCUT2D eigenvalue weighted by atomic mass is 16.4. The Morgan fingerprint density at radius 1 is 1.35 bits per heavy atom. The van der Waals surface area contributed by atoms with Gasteiger partial charge in [-0.15, -0.1) is 10.2 Å². The molecular formula is C15H17N3O2. The zero-order valence-electron chi connectivity index (χ0n) is 11.4. The third-order valence-electron chi connectivity index (χ3n) is 3.39. The topological polar surface area (TPSA) is 68.0 Å². The number of aromatic nitrogens is 2. The fraction of sp³-hybridized carbons (Fsp3) is 0.400. The smallest absolute Gasteiger partial charge is 0.239 e. The van der Waals surface area contributed by atoms with Crippen LogP contribution in [0.2, 0.25) is 0 Å². The molecule has 0 spiro atoms. The quantitative estimate of drug-likeness (QED) is 0.905. The first kappa shape index (κ1) is 12.8. The van der Waals surface area contributed by atoms with Gasteiger partial charge in [0, 0.05) is 19.3 Å². The third-order valence-corrected chi connectivity index (χ3v) is 3.39. The Hall–Kier alpha value is -2.17. The summed E-state index contributed by atoms with van der Waals surface area (Å²) in [5.41, 5.74) is 1.13. The molecule has 1 fully saturated rings. The summed E-state index contributed by atoms with van der Waals surface area (Å²) >= 11 is 0. The van der Waals surface area contributed by atoms with E-state index < -0.39 is 0 Å². The van der Waals surface area contributed by atoms with Crippen LogP contribution in [0, 0.1) is 12.8 Å². The van der Waals surface area contributed by atoms with Gasteiger partial charge >= 0.3 is 0 Å². The summed E-state index contributed by atoms with van der Waals surface area (Å²) in [5, 5.41) is 10.9. The normalized spacial score (nSPS) is 15.8. The number of hydrogen-bond donors (Lipinski definition) is 1. The summed E-state index contributed by atoms with van der Waals surface area (Å²) < 4.78 is 5.48. The lowest BCUT2D eigenvalue weighted by Crippen LogP contribution is -2.31. The number of hydrogen-bond acceptors (Lipinski definition) is 4. The highest BCUT2D eigenvalue weighted by Gasteiger charge is 2.32. The second-order valence-corrected chi connectivity index (χ2v) is 5.18. The summed E-state index contributed by atoms with van der Waals surface area (Å²) in [6.45, 7) is 1.75. The van der Waals surface area contributed by atoms with Gasteiger partial charge in [0.05, 0.1) is 0 Å². The fourth-order valence-corrected chi connectivity index (χ4v) is 2.14. The number of nitrogens with zero attached hydrogens (tertiary/aromatic N) is 2. The molecule has 2 aromatic rings. The Morgan fingerprint density at radius 3 is 2.70 bits per heavy atom. The van der Waals surface area contributed by atoms with Crippen molar-refractivity contribution in [3.8, 4) is 0 Å². The molecule has 0 bridgehead atoms. The molecule has 1 N–H and O–H groups in total. The summed E-state index contributed by atoms with van der Waals surface area (Å²) in [6, 6.07) is 9.73. The van der Waals surface area contributed by atoms with Gasteiger partial charge in [-0.1, -0.05) is 30.3 Å². The number of rotatable bonds is 5. The summed E-state index contributed by atoms with van der Waals surface area (Å²) in [4.78, 5) is 12.0. The molecule has 5 nitrogen and oxygen atoms in total. The van der Waals surface area contributed by atoms with E-state index in [2.05, 4.69) is 15.5 Å². The number of amides is 1. The maximum atomic E-state index is 12.0. The predicted molar refractivity (Wildman–Crippen MR) is 72.8 cm³/mol. The van der Waals surface area contributed by atoms with Crippen molar-refractivity contribution in [2.45, 2.75) is 32.2 Å². The van der Waals surface area contributed by atoms with E-state index >= 15 is 0 Å². The number of nitrogens with one attached hydrogen (secondary N) is 1. The van der Waals surface area contributed by atoms with Crippen LogP contribution in [0.15, 0.2) is 34.7 Å². The monoisotopic (exact) mass is 271 g/mol. The Morgan fingerprint density at radius 2 is 2.10 bits per heavy atom. The molecule has 1 heterocycles. The van der Waals surface area contributed by atoms with E-state index in [0.717, 1.165) is 18.4 Å². The van der Waals surface area contributed by atoms with Gasteiger partial charge in [0.15, 0.2) is 0 Å². The second-order valence-electron chi connectivity index (χ2n) is 5.18. The molecule has 5 heteroatoms. The maximum absolute atomic E-state index is 12.0. The lowest BCUT2D eigenvalue weighted by Gasteiger charge is -2.15. The molecule has 1 aliphatic carbocycles. The van der Waals surface area contributed by atoms with Crippen molar-refractivity contribution in [2.24, 2.45) is 5.92 Å². The van der Waals surface area contributed by atoms with Crippen LogP contribution < -0.4 is 5.32 Å². The van der Waals surface area contributed by atoms with Gasteiger partial charge < -0.3 is 9.73 Å². The molecule has 1 saturated carbocycles. The Kier molecular flexibility index (Phi) is 3.50. The van der Waals surface area contributed by atoms with Crippen LogP contribution in [0.4, 0.5) is 0 Å². The molecule has 1 unspecified atom stereocenters. The predicted octanol–water partition coefficient (Wildman–Crippen LogP) is 2.19. The Labute approximate surface area is 117 Å². The fourth-order valence-electron chi connectivity index (χ4n) is 2.14. The van der Waals surface area contributed by atoms with Gasteiger partial charge in [0.2, 0.25) is 17.7 Å². The van der Waals surface area contributed by atoms with Crippen LogP contribution in [-0.4, -0.2) is 16.1 Å². The van der Waals surface area contributed by atoms with E-state index in [9.17, 15) is 4.79 Å². The van der Waals surface area contributed by atoms with Gasteiger partial charge in [-0.3, -0.25) is 4.79 Å². The van der Waals surface area contributed by atoms with Crippen LogP contribution in [0.3, 0.4) is 0 Å². The van der Waals surface area contributed by atoms with E-state index in [0.29, 0.717) is 18.2 Å². The van der Waals surface area contributed by atoms with Crippen molar-refractivity contribution >= 4 is 5.91 Å². The highest BCUT2D eigenvalue weighted by Crippen LogP contribution is 2.30. The van der Waals surface area contributed by atoms with Gasteiger partial charge in [-0.2, -0.15) is 0 Å². The van der Waals surface area contributed by atoms with E-state index in [1.165, 1.54) is 0 Å². The highest BCUT2D eigenvalue weighted by molar-refractivity contribution is 5.81. The molecule has 1 aliphatic rings. The molecular weight excluding hydrogens is 254 g/mol. The van der Waals surface area contributed by atoms with Crippen LogP contribution in [0.1, 0.15) is 36.2 Å². The number of carbonyl (C=O) groups is 1. The third kappa shape index (κ3) is 3.04. The van der Waals surface area contributed by atoms with Crippen LogP contribution in [-0.2, 0) is 11.2 Å². The van der Waals surface area contributed by atoms with Gasteiger partial charge in [0.1, 0.15) is 6.04 Å². The largest absolute Gasteiger partial charge is 0.423 e. The zero-order chi connectivity index (χ0) is 13.9. The number of carbonyl (C=O) groups excluding carboxylic acids is 1. The van der Waals surface area contributed by atoms with Crippen molar-refractivity contribution in [1.29, 1.82) is 0 Å². The van der Waals surface area contributed by atoms with Crippen LogP contribution in [0.25, 0.3) is 0 Å². The zero-order valence-corrected chi connectivity index (χ0v) is 11.4. The van der Waals surface area contributed by atoms with E-state index in [4.69, 9.17) is 4.42 Å². The van der Waals surface area contributed by atoms with Crippen molar-refractivity contribution in [3.05, 3.63) is 47.7 Å². The summed E-state index contributed by atoms with van der Waals surface area (Å²) in [7, 11) is 0. The SMILES string of the molecule is Cc1nnc(C(Cc2ccccc2)NC(=O)C2CC2)o1. The summed E-state index contributed by atoms with van der Waals surface area (Å²) in [6.07, 6.45) is 2.61. The average molecular weight is 271 g/mol. The first-order valence-corrected chi connectivity index (χ1v) is 6.86. The molecule has 3 rings (SSSR count). The minimum Gasteiger partial charge on any atom is -0.423 e. The molecule has 20 heavy (non-hydrogen) atoms. The van der Waals surface area contributed by atoms with Crippen molar-refractivity contribution in [1.82, 2.24) is 15.5 Å². The molecule has 0 saturated heterocycles. The van der Waals surface area contributed by atoms with Gasteiger partial charge in [-0.25, -0.2) is 0 Å². The van der Waals surface area contributed by atoms with Crippen molar-refractivity contribution < 1.29 is 9.21 Å². The average Bonchev–Trinajstić information content (AvgIpc) is 3.21. The first-order chi connectivity index (χ1) is 9.72. The molecule has 1 amide bonds. The Bertz CT molecular complexity index is 590. The van der Waals surface area contributed by atoms with E-state index in [1.807, 2.05) is 30.3 Å². The Balaban J connectivity index is 1.77. The van der Waals surface area contributed by atoms with Crippen molar-refractivity contribution in [2.75, 3.05) is 0 Å². The molecule has 1 aromatic carbocycles. The molecule has 1 atom stereocenters. The molecule has 0 radical (unpaired) electrons. The number of benzene rings is 1. The lowest BCUT2D eigenvalue weighted by atomic mass is 10.1. The number of aryl methyl sites for hydroxylation is 1. The first-order valence-electron chi connectivity index (χ1n) is 6.86. The minimum absolute atomic E-state index is 0.0850.